The fourth-order valence-electron chi connectivity index (χ4n) is 2.98. The Morgan fingerprint density at radius 3 is 2.06 bits per heavy atom. The molecule has 94 valence electrons. The molecule has 0 aromatic heterocycles. The number of hydrogen-bond donors (Lipinski definition) is 0. The summed E-state index contributed by atoms with van der Waals surface area (Å²) in [7, 11) is 0. The van der Waals surface area contributed by atoms with Crippen LogP contribution >= 0.6 is 0 Å². The van der Waals surface area contributed by atoms with E-state index in [4.69, 9.17) is 0 Å². The fraction of sp³-hybridized carbons (Fsp3) is 1.00. The molecule has 2 fully saturated rings. The van der Waals surface area contributed by atoms with E-state index >= 15 is 0 Å². The molecule has 0 N–H and O–H groups in total. The van der Waals surface area contributed by atoms with E-state index in [0.717, 1.165) is 26.2 Å². The molecule has 0 atom stereocenters. The van der Waals surface area contributed by atoms with Crippen LogP contribution in [-0.4, -0.2) is 61.4 Å². The van der Waals surface area contributed by atoms with E-state index in [9.17, 15) is 8.78 Å². The molecule has 1 spiro atoms. The van der Waals surface area contributed by atoms with E-state index in [1.165, 1.54) is 6.42 Å². The average Bonchev–Trinajstić information content (AvgIpc) is 2.64. The second-order valence-corrected chi connectivity index (χ2v) is 5.68. The van der Waals surface area contributed by atoms with Crippen molar-refractivity contribution in [3.05, 3.63) is 0 Å². The Kier molecular flexibility index (Phi) is 3.50. The highest BCUT2D eigenvalue weighted by atomic mass is 19.1. The zero-order valence-electron chi connectivity index (χ0n) is 10.3. The predicted molar refractivity (Wildman–Crippen MR) is 61.1 cm³/mol. The minimum absolute atomic E-state index is 0.340. The largest absolute Gasteiger partial charge is 0.300 e. The summed E-state index contributed by atoms with van der Waals surface area (Å²) in [6.45, 7) is 7.32. The number of likely N-dealkylation sites (tertiary alicyclic amines) is 2. The van der Waals surface area contributed by atoms with Gasteiger partial charge in [0.05, 0.1) is 6.04 Å². The number of halogens is 2. The summed E-state index contributed by atoms with van der Waals surface area (Å²) in [5.41, 5.74) is 0.340. The summed E-state index contributed by atoms with van der Waals surface area (Å²) in [5, 5.41) is 0. The van der Waals surface area contributed by atoms with E-state index in [-0.39, 0.29) is 0 Å². The summed E-state index contributed by atoms with van der Waals surface area (Å²) >= 11 is 0. The van der Waals surface area contributed by atoms with Crippen molar-refractivity contribution in [2.24, 2.45) is 5.41 Å². The van der Waals surface area contributed by atoms with Gasteiger partial charge in [-0.1, -0.05) is 0 Å². The maximum Gasteiger partial charge on any atom is 0.107 e. The Hall–Kier alpha value is -0.220. The lowest BCUT2D eigenvalue weighted by Gasteiger charge is -2.50. The lowest BCUT2D eigenvalue weighted by Crippen LogP contribution is -2.62. The Labute approximate surface area is 96.6 Å². The van der Waals surface area contributed by atoms with Gasteiger partial charge in [-0.15, -0.1) is 0 Å². The monoisotopic (exact) mass is 232 g/mol. The van der Waals surface area contributed by atoms with Gasteiger partial charge in [-0.3, -0.25) is 4.90 Å². The Balaban J connectivity index is 1.83. The number of rotatable bonds is 4. The molecule has 0 aromatic rings. The molecule has 2 rings (SSSR count). The highest BCUT2D eigenvalue weighted by molar-refractivity contribution is 5.03. The van der Waals surface area contributed by atoms with Gasteiger partial charge < -0.3 is 4.90 Å². The van der Waals surface area contributed by atoms with Crippen molar-refractivity contribution in [1.82, 2.24) is 9.80 Å². The van der Waals surface area contributed by atoms with Crippen LogP contribution in [0.3, 0.4) is 0 Å². The molecule has 2 aliphatic rings. The van der Waals surface area contributed by atoms with E-state index in [1.807, 2.05) is 4.90 Å². The summed E-state index contributed by atoms with van der Waals surface area (Å²) in [4.78, 5) is 4.43. The molecule has 2 aliphatic heterocycles. The van der Waals surface area contributed by atoms with Crippen LogP contribution in [0.25, 0.3) is 0 Å². The van der Waals surface area contributed by atoms with Crippen molar-refractivity contribution >= 4 is 0 Å². The van der Waals surface area contributed by atoms with E-state index in [2.05, 4.69) is 18.7 Å². The molecule has 0 amide bonds. The zero-order valence-corrected chi connectivity index (χ0v) is 10.3. The summed E-state index contributed by atoms with van der Waals surface area (Å²) in [6, 6.07) is 0.102. The maximum absolute atomic E-state index is 12.5. The van der Waals surface area contributed by atoms with Gasteiger partial charge in [-0.05, 0) is 26.8 Å². The SMILES string of the molecule is CC(C)N1CCC2(C1)CN(C(CF)CF)C2. The van der Waals surface area contributed by atoms with Crippen LogP contribution in [-0.2, 0) is 0 Å². The summed E-state index contributed by atoms with van der Waals surface area (Å²) in [5.74, 6) is 0. The van der Waals surface area contributed by atoms with E-state index < -0.39 is 19.4 Å². The number of hydrogen-bond acceptors (Lipinski definition) is 2. The van der Waals surface area contributed by atoms with Crippen LogP contribution in [0.5, 0.6) is 0 Å². The van der Waals surface area contributed by atoms with Gasteiger partial charge in [0, 0.05) is 31.1 Å². The first-order valence-electron chi connectivity index (χ1n) is 6.20. The third-order valence-corrected chi connectivity index (χ3v) is 4.15. The van der Waals surface area contributed by atoms with Gasteiger partial charge in [0.1, 0.15) is 13.3 Å². The summed E-state index contributed by atoms with van der Waals surface area (Å²) < 4.78 is 25.0. The third kappa shape index (κ3) is 2.09. The smallest absolute Gasteiger partial charge is 0.107 e. The minimum atomic E-state index is -0.555. The zero-order chi connectivity index (χ0) is 11.8. The average molecular weight is 232 g/mol. The molecule has 0 aliphatic carbocycles. The topological polar surface area (TPSA) is 6.48 Å². The van der Waals surface area contributed by atoms with Crippen molar-refractivity contribution in [2.75, 3.05) is 39.5 Å². The fourth-order valence-corrected chi connectivity index (χ4v) is 2.98. The Morgan fingerprint density at radius 2 is 1.62 bits per heavy atom. The molecular weight excluding hydrogens is 210 g/mol. The second-order valence-electron chi connectivity index (χ2n) is 5.68. The highest BCUT2D eigenvalue weighted by Crippen LogP contribution is 2.41. The molecule has 0 bridgehead atoms. The predicted octanol–water partition coefficient (Wildman–Crippen LogP) is 1.71. The van der Waals surface area contributed by atoms with Crippen molar-refractivity contribution in [1.29, 1.82) is 0 Å². The lowest BCUT2D eigenvalue weighted by atomic mass is 9.78. The van der Waals surface area contributed by atoms with Gasteiger partial charge in [-0.25, -0.2) is 8.78 Å². The van der Waals surface area contributed by atoms with Gasteiger partial charge in [0.2, 0.25) is 0 Å². The quantitative estimate of drug-likeness (QED) is 0.728. The molecule has 0 aromatic carbocycles. The third-order valence-electron chi connectivity index (χ3n) is 4.15. The van der Waals surface area contributed by atoms with Crippen molar-refractivity contribution < 1.29 is 8.78 Å². The van der Waals surface area contributed by atoms with Crippen LogP contribution in [0.2, 0.25) is 0 Å². The molecule has 2 heterocycles. The van der Waals surface area contributed by atoms with E-state index in [1.54, 1.807) is 0 Å². The van der Waals surface area contributed by atoms with E-state index in [0.29, 0.717) is 11.5 Å². The number of alkyl halides is 2. The van der Waals surface area contributed by atoms with Crippen LogP contribution in [0, 0.1) is 5.41 Å². The van der Waals surface area contributed by atoms with Crippen LogP contribution in [0.4, 0.5) is 8.78 Å². The maximum atomic E-state index is 12.5. The highest BCUT2D eigenvalue weighted by Gasteiger charge is 2.49. The minimum Gasteiger partial charge on any atom is -0.300 e. The van der Waals surface area contributed by atoms with Gasteiger partial charge >= 0.3 is 0 Å². The molecular formula is C12H22F2N2. The van der Waals surface area contributed by atoms with Gasteiger partial charge in [0.25, 0.3) is 0 Å². The van der Waals surface area contributed by atoms with Crippen LogP contribution < -0.4 is 0 Å². The van der Waals surface area contributed by atoms with Gasteiger partial charge in [0.15, 0.2) is 0 Å². The Bertz CT molecular complexity index is 235. The van der Waals surface area contributed by atoms with Gasteiger partial charge in [-0.2, -0.15) is 0 Å². The molecule has 2 saturated heterocycles. The lowest BCUT2D eigenvalue weighted by molar-refractivity contribution is -0.0382. The normalized spacial score (nSPS) is 25.9. The second kappa shape index (κ2) is 4.57. The van der Waals surface area contributed by atoms with Crippen LogP contribution in [0.1, 0.15) is 20.3 Å². The number of nitrogens with zero attached hydrogens (tertiary/aromatic N) is 2. The Morgan fingerprint density at radius 1 is 1.06 bits per heavy atom. The van der Waals surface area contributed by atoms with Crippen molar-refractivity contribution in [3.8, 4) is 0 Å². The molecule has 16 heavy (non-hydrogen) atoms. The first-order chi connectivity index (χ1) is 7.60. The standard InChI is InChI=1S/C12H22F2N2/c1-10(2)15-4-3-12(7-15)8-16(9-12)11(5-13)6-14/h10-11H,3-9H2,1-2H3. The molecule has 2 nitrogen and oxygen atoms in total. The molecule has 0 unspecified atom stereocenters. The first-order valence-corrected chi connectivity index (χ1v) is 6.20. The van der Waals surface area contributed by atoms with Crippen molar-refractivity contribution in [2.45, 2.75) is 32.4 Å². The molecule has 4 heteroatoms. The molecule has 0 radical (unpaired) electrons. The first kappa shape index (κ1) is 12.2. The summed E-state index contributed by atoms with van der Waals surface area (Å²) in [6.07, 6.45) is 1.19. The molecule has 0 saturated carbocycles. The van der Waals surface area contributed by atoms with Crippen molar-refractivity contribution in [3.63, 3.8) is 0 Å². The van der Waals surface area contributed by atoms with Crippen LogP contribution in [0.15, 0.2) is 0 Å².